The van der Waals surface area contributed by atoms with E-state index >= 15 is 0 Å². The van der Waals surface area contributed by atoms with E-state index in [1.54, 1.807) is 6.20 Å². The smallest absolute Gasteiger partial charge is 0.156 e. The number of likely N-dealkylation sites (tertiary alicyclic amines) is 1. The molecule has 0 aromatic carbocycles. The van der Waals surface area contributed by atoms with Crippen LogP contribution in [0.15, 0.2) is 6.20 Å². The van der Waals surface area contributed by atoms with Crippen LogP contribution in [0, 0.1) is 0 Å². The molecule has 1 aromatic heterocycles. The number of hydrogen-bond acceptors (Lipinski definition) is 3. The Morgan fingerprint density at radius 2 is 2.23 bits per heavy atom. The van der Waals surface area contributed by atoms with Crippen LogP contribution in [-0.4, -0.2) is 40.3 Å². The van der Waals surface area contributed by atoms with E-state index in [4.69, 9.17) is 0 Å². The maximum atomic E-state index is 9.46. The summed E-state index contributed by atoms with van der Waals surface area (Å²) in [6.07, 6.45) is 3.73. The SMILES string of the molecule is CN1CCC(c2n[nH]cc2O)CC1. The van der Waals surface area contributed by atoms with Gasteiger partial charge in [0.1, 0.15) is 5.69 Å². The van der Waals surface area contributed by atoms with E-state index in [1.165, 1.54) is 0 Å². The van der Waals surface area contributed by atoms with Gasteiger partial charge >= 0.3 is 0 Å². The first-order valence-electron chi connectivity index (χ1n) is 4.68. The minimum Gasteiger partial charge on any atom is -0.504 e. The van der Waals surface area contributed by atoms with E-state index in [1.807, 2.05) is 0 Å². The molecule has 0 amide bonds. The Bertz CT molecular complexity index is 276. The fraction of sp³-hybridized carbons (Fsp3) is 0.667. The molecule has 1 aliphatic rings. The van der Waals surface area contributed by atoms with Crippen LogP contribution in [0.2, 0.25) is 0 Å². The quantitative estimate of drug-likeness (QED) is 0.677. The summed E-state index contributed by atoms with van der Waals surface area (Å²) in [6, 6.07) is 0. The van der Waals surface area contributed by atoms with Crippen molar-refractivity contribution in [1.82, 2.24) is 15.1 Å². The first-order valence-corrected chi connectivity index (χ1v) is 4.68. The van der Waals surface area contributed by atoms with Crippen molar-refractivity contribution < 1.29 is 5.11 Å². The summed E-state index contributed by atoms with van der Waals surface area (Å²) in [5.41, 5.74) is 0.841. The van der Waals surface area contributed by atoms with E-state index in [0.717, 1.165) is 31.6 Å². The van der Waals surface area contributed by atoms with Gasteiger partial charge in [0.25, 0.3) is 0 Å². The molecule has 1 aliphatic heterocycles. The first-order chi connectivity index (χ1) is 6.27. The van der Waals surface area contributed by atoms with Crippen molar-refractivity contribution in [3.8, 4) is 5.75 Å². The minimum atomic E-state index is 0.314. The lowest BCUT2D eigenvalue weighted by Crippen LogP contribution is -2.29. The monoisotopic (exact) mass is 181 g/mol. The van der Waals surface area contributed by atoms with Crippen LogP contribution >= 0.6 is 0 Å². The highest BCUT2D eigenvalue weighted by Crippen LogP contribution is 2.30. The fourth-order valence-electron chi connectivity index (χ4n) is 1.88. The van der Waals surface area contributed by atoms with Gasteiger partial charge in [-0.05, 0) is 33.0 Å². The summed E-state index contributed by atoms with van der Waals surface area (Å²) in [5, 5.41) is 16.2. The number of aromatic hydroxyl groups is 1. The number of hydrogen-bond donors (Lipinski definition) is 2. The van der Waals surface area contributed by atoms with E-state index < -0.39 is 0 Å². The predicted octanol–water partition coefficient (Wildman–Crippen LogP) is 0.924. The highest BCUT2D eigenvalue weighted by molar-refractivity contribution is 5.25. The Morgan fingerprint density at radius 1 is 1.54 bits per heavy atom. The molecule has 0 spiro atoms. The van der Waals surface area contributed by atoms with E-state index in [9.17, 15) is 5.11 Å². The molecule has 0 atom stereocenters. The molecule has 2 N–H and O–H groups in total. The standard InChI is InChI=1S/C9H15N3O/c1-12-4-2-7(3-5-12)9-8(13)6-10-11-9/h6-7,13H,2-5H2,1H3,(H,10,11). The van der Waals surface area contributed by atoms with Crippen LogP contribution < -0.4 is 0 Å². The van der Waals surface area contributed by atoms with Gasteiger partial charge in [-0.2, -0.15) is 5.10 Å². The second-order valence-corrected chi connectivity index (χ2v) is 3.73. The average molecular weight is 181 g/mol. The number of H-pyrrole nitrogens is 1. The van der Waals surface area contributed by atoms with Crippen molar-refractivity contribution in [1.29, 1.82) is 0 Å². The molecule has 0 unspecified atom stereocenters. The van der Waals surface area contributed by atoms with Crippen LogP contribution in [0.1, 0.15) is 24.5 Å². The highest BCUT2D eigenvalue weighted by atomic mass is 16.3. The van der Waals surface area contributed by atoms with Crippen LogP contribution in [0.3, 0.4) is 0 Å². The molecule has 0 radical (unpaired) electrons. The molecular formula is C9H15N3O. The van der Waals surface area contributed by atoms with Crippen molar-refractivity contribution in [2.75, 3.05) is 20.1 Å². The van der Waals surface area contributed by atoms with E-state index in [-0.39, 0.29) is 0 Å². The number of nitrogens with zero attached hydrogens (tertiary/aromatic N) is 2. The molecule has 2 rings (SSSR count). The molecule has 4 nitrogen and oxygen atoms in total. The maximum Gasteiger partial charge on any atom is 0.156 e. The number of piperidine rings is 1. The first kappa shape index (κ1) is 8.56. The van der Waals surface area contributed by atoms with Gasteiger partial charge in [0.15, 0.2) is 5.75 Å². The third-order valence-electron chi connectivity index (χ3n) is 2.75. The molecule has 13 heavy (non-hydrogen) atoms. The van der Waals surface area contributed by atoms with Crippen LogP contribution in [0.4, 0.5) is 0 Å². The summed E-state index contributed by atoms with van der Waals surface area (Å²) in [4.78, 5) is 2.31. The molecule has 0 aliphatic carbocycles. The molecule has 1 aromatic rings. The lowest BCUT2D eigenvalue weighted by molar-refractivity contribution is 0.251. The van der Waals surface area contributed by atoms with Crippen molar-refractivity contribution in [2.45, 2.75) is 18.8 Å². The predicted molar refractivity (Wildman–Crippen MR) is 49.7 cm³/mol. The summed E-state index contributed by atoms with van der Waals surface area (Å²) in [5.74, 6) is 0.747. The number of aromatic nitrogens is 2. The van der Waals surface area contributed by atoms with Crippen molar-refractivity contribution >= 4 is 0 Å². The summed E-state index contributed by atoms with van der Waals surface area (Å²) in [7, 11) is 2.13. The Kier molecular flexibility index (Phi) is 2.22. The zero-order valence-electron chi connectivity index (χ0n) is 7.82. The van der Waals surface area contributed by atoms with Gasteiger partial charge in [0, 0.05) is 5.92 Å². The van der Waals surface area contributed by atoms with Gasteiger partial charge in [0.05, 0.1) is 6.20 Å². The molecule has 1 fully saturated rings. The van der Waals surface area contributed by atoms with Crippen molar-refractivity contribution in [3.63, 3.8) is 0 Å². The molecule has 0 bridgehead atoms. The normalized spacial score (nSPS) is 20.7. The second-order valence-electron chi connectivity index (χ2n) is 3.73. The third kappa shape index (κ3) is 1.67. The van der Waals surface area contributed by atoms with E-state index in [0.29, 0.717) is 11.7 Å². The molecule has 72 valence electrons. The number of rotatable bonds is 1. The Labute approximate surface area is 77.6 Å². The largest absolute Gasteiger partial charge is 0.504 e. The lowest BCUT2D eigenvalue weighted by Gasteiger charge is -2.27. The summed E-state index contributed by atoms with van der Waals surface area (Å²) < 4.78 is 0. The molecule has 0 saturated carbocycles. The molecule has 2 heterocycles. The van der Waals surface area contributed by atoms with Gasteiger partial charge in [0.2, 0.25) is 0 Å². The van der Waals surface area contributed by atoms with Gasteiger partial charge in [-0.15, -0.1) is 0 Å². The third-order valence-corrected chi connectivity index (χ3v) is 2.75. The molecule has 4 heteroatoms. The molecule has 1 saturated heterocycles. The second kappa shape index (κ2) is 3.38. The van der Waals surface area contributed by atoms with Crippen LogP contribution in [-0.2, 0) is 0 Å². The van der Waals surface area contributed by atoms with Gasteiger partial charge in [-0.1, -0.05) is 0 Å². The zero-order valence-corrected chi connectivity index (χ0v) is 7.82. The average Bonchev–Trinajstić information content (AvgIpc) is 2.53. The minimum absolute atomic E-state index is 0.314. The van der Waals surface area contributed by atoms with Gasteiger partial charge in [-0.3, -0.25) is 5.10 Å². The van der Waals surface area contributed by atoms with E-state index in [2.05, 4.69) is 22.1 Å². The van der Waals surface area contributed by atoms with Gasteiger partial charge in [-0.25, -0.2) is 0 Å². The fourth-order valence-corrected chi connectivity index (χ4v) is 1.88. The van der Waals surface area contributed by atoms with Crippen molar-refractivity contribution in [2.24, 2.45) is 0 Å². The van der Waals surface area contributed by atoms with Crippen LogP contribution in [0.25, 0.3) is 0 Å². The van der Waals surface area contributed by atoms with Gasteiger partial charge < -0.3 is 10.0 Å². The number of aromatic amines is 1. The lowest BCUT2D eigenvalue weighted by atomic mass is 9.93. The number of nitrogens with one attached hydrogen (secondary N) is 1. The zero-order chi connectivity index (χ0) is 9.26. The maximum absolute atomic E-state index is 9.46. The molecular weight excluding hydrogens is 166 g/mol. The summed E-state index contributed by atoms with van der Waals surface area (Å²) >= 11 is 0. The topological polar surface area (TPSA) is 52.2 Å². The van der Waals surface area contributed by atoms with Crippen molar-refractivity contribution in [3.05, 3.63) is 11.9 Å². The highest BCUT2D eigenvalue weighted by Gasteiger charge is 2.22. The van der Waals surface area contributed by atoms with Crippen LogP contribution in [0.5, 0.6) is 5.75 Å². The Balaban J connectivity index is 2.06. The summed E-state index contributed by atoms with van der Waals surface area (Å²) in [6.45, 7) is 2.19. The Hall–Kier alpha value is -1.03. The Morgan fingerprint density at radius 3 is 2.77 bits per heavy atom.